The normalized spacial score (nSPS) is 10.2. The number of anilines is 3. The van der Waals surface area contributed by atoms with E-state index in [4.69, 9.17) is 11.6 Å². The van der Waals surface area contributed by atoms with Gasteiger partial charge >= 0.3 is 5.69 Å². The Labute approximate surface area is 119 Å². The van der Waals surface area contributed by atoms with E-state index < -0.39 is 10.7 Å². The molecule has 5 nitrogen and oxygen atoms in total. The first-order valence-corrected chi connectivity index (χ1v) is 6.08. The summed E-state index contributed by atoms with van der Waals surface area (Å²) >= 11 is 5.79. The summed E-state index contributed by atoms with van der Waals surface area (Å²) in [6, 6.07) is 8.66. The Morgan fingerprint density at radius 1 is 1.20 bits per heavy atom. The lowest BCUT2D eigenvalue weighted by Gasteiger charge is -2.10. The standard InChI is InChI=1S/C13H11ClFN3O2/c1-16-10-3-2-4-11(13(10)18(19)20)17-12-7-8(14)5-6-9(12)15/h2-7,16-17H,1H3. The lowest BCUT2D eigenvalue weighted by molar-refractivity contribution is -0.383. The summed E-state index contributed by atoms with van der Waals surface area (Å²) in [6.45, 7) is 0. The highest BCUT2D eigenvalue weighted by atomic mass is 35.5. The van der Waals surface area contributed by atoms with Gasteiger partial charge in [-0.25, -0.2) is 4.39 Å². The van der Waals surface area contributed by atoms with Crippen molar-refractivity contribution < 1.29 is 9.31 Å². The molecule has 0 radical (unpaired) electrons. The van der Waals surface area contributed by atoms with Crippen LogP contribution in [0.25, 0.3) is 0 Å². The van der Waals surface area contributed by atoms with E-state index in [1.165, 1.54) is 24.3 Å². The van der Waals surface area contributed by atoms with Crippen molar-refractivity contribution in [1.29, 1.82) is 0 Å². The maximum atomic E-state index is 13.7. The first-order valence-electron chi connectivity index (χ1n) is 5.70. The average Bonchev–Trinajstić information content (AvgIpc) is 2.42. The van der Waals surface area contributed by atoms with Crippen molar-refractivity contribution in [2.75, 3.05) is 17.7 Å². The zero-order chi connectivity index (χ0) is 14.7. The second-order valence-corrected chi connectivity index (χ2v) is 4.39. The van der Waals surface area contributed by atoms with Crippen LogP contribution in [0.15, 0.2) is 36.4 Å². The molecule has 0 amide bonds. The molecule has 0 spiro atoms. The summed E-state index contributed by atoms with van der Waals surface area (Å²) in [4.78, 5) is 10.6. The Balaban J connectivity index is 2.48. The van der Waals surface area contributed by atoms with E-state index >= 15 is 0 Å². The number of hydrogen-bond acceptors (Lipinski definition) is 4. The van der Waals surface area contributed by atoms with Gasteiger partial charge in [0.05, 0.1) is 10.6 Å². The fourth-order valence-electron chi connectivity index (χ4n) is 1.78. The molecule has 2 aromatic carbocycles. The van der Waals surface area contributed by atoms with E-state index in [2.05, 4.69) is 10.6 Å². The Kier molecular flexibility index (Phi) is 4.05. The summed E-state index contributed by atoms with van der Waals surface area (Å²) < 4.78 is 13.7. The van der Waals surface area contributed by atoms with E-state index in [0.29, 0.717) is 10.7 Å². The summed E-state index contributed by atoms with van der Waals surface area (Å²) in [6.07, 6.45) is 0. The fourth-order valence-corrected chi connectivity index (χ4v) is 1.95. The number of nitro benzene ring substituents is 1. The SMILES string of the molecule is CNc1cccc(Nc2cc(Cl)ccc2F)c1[N+](=O)[O-]. The predicted molar refractivity (Wildman–Crippen MR) is 77.3 cm³/mol. The van der Waals surface area contributed by atoms with E-state index in [9.17, 15) is 14.5 Å². The van der Waals surface area contributed by atoms with Crippen LogP contribution < -0.4 is 10.6 Å². The van der Waals surface area contributed by atoms with Gasteiger partial charge in [0.2, 0.25) is 0 Å². The predicted octanol–water partition coefficient (Wildman–Crippen LogP) is 4.17. The monoisotopic (exact) mass is 295 g/mol. The van der Waals surface area contributed by atoms with Crippen LogP contribution in [-0.2, 0) is 0 Å². The molecule has 0 bridgehead atoms. The molecule has 2 aromatic rings. The Hall–Kier alpha value is -2.34. The molecular weight excluding hydrogens is 285 g/mol. The molecule has 0 aliphatic heterocycles. The van der Waals surface area contributed by atoms with Gasteiger partial charge in [-0.15, -0.1) is 0 Å². The fraction of sp³-hybridized carbons (Fsp3) is 0.0769. The van der Waals surface area contributed by atoms with Gasteiger partial charge in [-0.1, -0.05) is 17.7 Å². The molecule has 0 saturated carbocycles. The van der Waals surface area contributed by atoms with Crippen LogP contribution in [0.1, 0.15) is 0 Å². The first-order chi connectivity index (χ1) is 9.52. The molecule has 2 N–H and O–H groups in total. The zero-order valence-corrected chi connectivity index (χ0v) is 11.2. The van der Waals surface area contributed by atoms with Crippen LogP contribution in [-0.4, -0.2) is 12.0 Å². The van der Waals surface area contributed by atoms with E-state index in [0.717, 1.165) is 0 Å². The highest BCUT2D eigenvalue weighted by Gasteiger charge is 2.19. The van der Waals surface area contributed by atoms with Crippen molar-refractivity contribution in [3.8, 4) is 0 Å². The minimum atomic E-state index is -0.543. The summed E-state index contributed by atoms with van der Waals surface area (Å²) in [5, 5.41) is 16.9. The van der Waals surface area contributed by atoms with Gasteiger partial charge in [-0.05, 0) is 30.3 Å². The molecule has 0 unspecified atom stereocenters. The van der Waals surface area contributed by atoms with Gasteiger partial charge in [0.1, 0.15) is 17.2 Å². The van der Waals surface area contributed by atoms with Crippen LogP contribution >= 0.6 is 11.6 Å². The average molecular weight is 296 g/mol. The van der Waals surface area contributed by atoms with E-state index in [-0.39, 0.29) is 17.1 Å². The molecule has 0 atom stereocenters. The molecule has 20 heavy (non-hydrogen) atoms. The molecule has 0 fully saturated rings. The third-order valence-corrected chi connectivity index (χ3v) is 2.92. The van der Waals surface area contributed by atoms with E-state index in [1.54, 1.807) is 19.2 Å². The smallest absolute Gasteiger partial charge is 0.315 e. The lowest BCUT2D eigenvalue weighted by Crippen LogP contribution is -2.02. The minimum Gasteiger partial charge on any atom is -0.382 e. The maximum absolute atomic E-state index is 13.7. The highest BCUT2D eigenvalue weighted by Crippen LogP contribution is 2.35. The number of halogens is 2. The number of benzene rings is 2. The Bertz CT molecular complexity index is 664. The number of nitro groups is 1. The Morgan fingerprint density at radius 3 is 2.55 bits per heavy atom. The quantitative estimate of drug-likeness (QED) is 0.656. The van der Waals surface area contributed by atoms with Gasteiger partial charge in [0.15, 0.2) is 0 Å². The minimum absolute atomic E-state index is 0.0776. The molecule has 0 heterocycles. The van der Waals surface area contributed by atoms with Crippen LogP contribution in [0.2, 0.25) is 5.02 Å². The molecule has 2 rings (SSSR count). The molecule has 104 valence electrons. The van der Waals surface area contributed by atoms with E-state index in [1.807, 2.05) is 0 Å². The number of para-hydroxylation sites is 1. The van der Waals surface area contributed by atoms with Crippen molar-refractivity contribution in [2.45, 2.75) is 0 Å². The first kappa shape index (κ1) is 14.1. The van der Waals surface area contributed by atoms with Gasteiger partial charge in [0.25, 0.3) is 0 Å². The summed E-state index contributed by atoms with van der Waals surface area (Å²) in [5.41, 5.74) is 0.439. The lowest BCUT2D eigenvalue weighted by atomic mass is 10.2. The molecule has 0 saturated heterocycles. The molecular formula is C13H11ClFN3O2. The number of nitrogens with zero attached hydrogens (tertiary/aromatic N) is 1. The van der Waals surface area contributed by atoms with Gasteiger partial charge in [-0.2, -0.15) is 0 Å². The number of hydrogen-bond donors (Lipinski definition) is 2. The number of rotatable bonds is 4. The topological polar surface area (TPSA) is 67.2 Å². The largest absolute Gasteiger partial charge is 0.382 e. The molecule has 0 aromatic heterocycles. The van der Waals surface area contributed by atoms with Crippen molar-refractivity contribution in [1.82, 2.24) is 0 Å². The van der Waals surface area contributed by atoms with Crippen LogP contribution in [0.3, 0.4) is 0 Å². The number of nitrogens with one attached hydrogen (secondary N) is 2. The molecule has 0 aliphatic carbocycles. The molecule has 7 heteroatoms. The highest BCUT2D eigenvalue weighted by molar-refractivity contribution is 6.30. The maximum Gasteiger partial charge on any atom is 0.315 e. The summed E-state index contributed by atoms with van der Waals surface area (Å²) in [7, 11) is 1.58. The zero-order valence-electron chi connectivity index (χ0n) is 10.5. The third kappa shape index (κ3) is 2.80. The third-order valence-electron chi connectivity index (χ3n) is 2.69. The summed E-state index contributed by atoms with van der Waals surface area (Å²) in [5.74, 6) is -0.543. The second-order valence-electron chi connectivity index (χ2n) is 3.96. The molecule has 0 aliphatic rings. The van der Waals surface area contributed by atoms with Crippen molar-refractivity contribution in [2.24, 2.45) is 0 Å². The van der Waals surface area contributed by atoms with Crippen LogP contribution in [0.5, 0.6) is 0 Å². The van der Waals surface area contributed by atoms with Crippen molar-refractivity contribution in [3.63, 3.8) is 0 Å². The van der Waals surface area contributed by atoms with Crippen LogP contribution in [0, 0.1) is 15.9 Å². The van der Waals surface area contributed by atoms with Gasteiger partial charge in [0, 0.05) is 12.1 Å². The van der Waals surface area contributed by atoms with Gasteiger partial charge in [-0.3, -0.25) is 10.1 Å². The van der Waals surface area contributed by atoms with Crippen LogP contribution in [0.4, 0.5) is 27.1 Å². The van der Waals surface area contributed by atoms with Crippen molar-refractivity contribution >= 4 is 34.4 Å². The van der Waals surface area contributed by atoms with Gasteiger partial charge < -0.3 is 10.6 Å². The van der Waals surface area contributed by atoms with Crippen molar-refractivity contribution in [3.05, 3.63) is 57.4 Å². The Morgan fingerprint density at radius 2 is 1.90 bits per heavy atom. The second kappa shape index (κ2) is 5.75.